The molecule has 6 heteroatoms. The van der Waals surface area contributed by atoms with E-state index in [-0.39, 0.29) is 12.6 Å². The first-order valence-corrected chi connectivity index (χ1v) is 8.56. The van der Waals surface area contributed by atoms with Crippen molar-refractivity contribution in [1.29, 1.82) is 0 Å². The summed E-state index contributed by atoms with van der Waals surface area (Å²) in [5.74, 6) is 0.765. The van der Waals surface area contributed by atoms with Crippen molar-refractivity contribution in [3.8, 4) is 5.75 Å². The van der Waals surface area contributed by atoms with Gasteiger partial charge in [-0.15, -0.1) is 0 Å². The first-order chi connectivity index (χ1) is 12.6. The SMILES string of the molecule is Cn1ccc2cc(C(O)CNC(=O)NCCOc3ccccc3)ccc21. The number of nitrogens with one attached hydrogen (secondary N) is 2. The highest BCUT2D eigenvalue weighted by molar-refractivity contribution is 5.81. The number of nitrogens with zero attached hydrogens (tertiary/aromatic N) is 1. The largest absolute Gasteiger partial charge is 0.492 e. The standard InChI is InChI=1S/C20H23N3O3/c1-23-11-9-15-13-16(7-8-18(15)23)19(24)14-22-20(25)21-10-12-26-17-5-3-2-4-6-17/h2-9,11,13,19,24H,10,12,14H2,1H3,(H2,21,22,25). The zero-order valence-electron chi connectivity index (χ0n) is 14.7. The third-order valence-corrected chi connectivity index (χ3v) is 4.15. The van der Waals surface area contributed by atoms with Gasteiger partial charge >= 0.3 is 6.03 Å². The Balaban J connectivity index is 1.40. The van der Waals surface area contributed by atoms with Gasteiger partial charge in [0.05, 0.1) is 12.6 Å². The molecule has 6 nitrogen and oxygen atoms in total. The summed E-state index contributed by atoms with van der Waals surface area (Å²) in [4.78, 5) is 11.8. The molecule has 0 aliphatic carbocycles. The summed E-state index contributed by atoms with van der Waals surface area (Å²) in [6, 6.07) is 16.9. The molecule has 0 bridgehead atoms. The van der Waals surface area contributed by atoms with Crippen LogP contribution in [0, 0.1) is 0 Å². The van der Waals surface area contributed by atoms with Crippen molar-refractivity contribution in [1.82, 2.24) is 15.2 Å². The molecule has 0 fully saturated rings. The summed E-state index contributed by atoms with van der Waals surface area (Å²) in [6.45, 7) is 0.904. The Morgan fingerprint density at radius 2 is 1.96 bits per heavy atom. The zero-order valence-corrected chi connectivity index (χ0v) is 14.7. The maximum Gasteiger partial charge on any atom is 0.315 e. The van der Waals surface area contributed by atoms with E-state index in [1.807, 2.05) is 72.4 Å². The molecular weight excluding hydrogens is 330 g/mol. The zero-order chi connectivity index (χ0) is 18.4. The van der Waals surface area contributed by atoms with Crippen LogP contribution in [0.15, 0.2) is 60.8 Å². The van der Waals surface area contributed by atoms with Crippen molar-refractivity contribution in [2.24, 2.45) is 7.05 Å². The minimum Gasteiger partial charge on any atom is -0.492 e. The van der Waals surface area contributed by atoms with Crippen LogP contribution < -0.4 is 15.4 Å². The van der Waals surface area contributed by atoms with Gasteiger partial charge in [0.2, 0.25) is 0 Å². The van der Waals surface area contributed by atoms with E-state index in [1.54, 1.807) is 0 Å². The fourth-order valence-corrected chi connectivity index (χ4v) is 2.73. The quantitative estimate of drug-likeness (QED) is 0.572. The number of aliphatic hydroxyl groups is 1. The third kappa shape index (κ3) is 4.55. The lowest BCUT2D eigenvalue weighted by Crippen LogP contribution is -2.39. The second-order valence-corrected chi connectivity index (χ2v) is 6.06. The lowest BCUT2D eigenvalue weighted by molar-refractivity contribution is 0.173. The molecule has 136 valence electrons. The van der Waals surface area contributed by atoms with Crippen LogP contribution in [0.3, 0.4) is 0 Å². The second-order valence-electron chi connectivity index (χ2n) is 6.06. The van der Waals surface area contributed by atoms with Crippen LogP contribution in [0.1, 0.15) is 11.7 Å². The summed E-state index contributed by atoms with van der Waals surface area (Å²) >= 11 is 0. The van der Waals surface area contributed by atoms with Crippen molar-refractivity contribution in [3.63, 3.8) is 0 Å². The monoisotopic (exact) mass is 353 g/mol. The molecule has 2 aromatic carbocycles. The van der Waals surface area contributed by atoms with E-state index in [2.05, 4.69) is 10.6 Å². The lowest BCUT2D eigenvalue weighted by Gasteiger charge is -2.13. The molecule has 1 heterocycles. The number of amides is 2. The molecule has 1 aromatic heterocycles. The predicted molar refractivity (Wildman–Crippen MR) is 101 cm³/mol. The number of carbonyl (C=O) groups excluding carboxylic acids is 1. The van der Waals surface area contributed by atoms with Crippen LogP contribution in [0.25, 0.3) is 10.9 Å². The number of ether oxygens (including phenoxy) is 1. The van der Waals surface area contributed by atoms with E-state index in [0.717, 1.165) is 22.2 Å². The van der Waals surface area contributed by atoms with E-state index in [9.17, 15) is 9.90 Å². The van der Waals surface area contributed by atoms with Crippen molar-refractivity contribution < 1.29 is 14.6 Å². The molecule has 2 amide bonds. The first-order valence-electron chi connectivity index (χ1n) is 8.56. The number of carbonyl (C=O) groups is 1. The smallest absolute Gasteiger partial charge is 0.315 e. The van der Waals surface area contributed by atoms with Gasteiger partial charge < -0.3 is 25.0 Å². The Hall–Kier alpha value is -2.99. The average molecular weight is 353 g/mol. The Bertz CT molecular complexity index is 861. The van der Waals surface area contributed by atoms with Gasteiger partial charge in [-0.2, -0.15) is 0 Å². The highest BCUT2D eigenvalue weighted by Crippen LogP contribution is 2.20. The molecule has 0 saturated carbocycles. The number of hydrogen-bond donors (Lipinski definition) is 3. The van der Waals surface area contributed by atoms with Crippen molar-refractivity contribution in [2.75, 3.05) is 19.7 Å². The van der Waals surface area contributed by atoms with Crippen LogP contribution in [-0.4, -0.2) is 35.4 Å². The van der Waals surface area contributed by atoms with Gasteiger partial charge in [-0.3, -0.25) is 0 Å². The van der Waals surface area contributed by atoms with Crippen LogP contribution >= 0.6 is 0 Å². The molecule has 0 saturated heterocycles. The number of fused-ring (bicyclic) bond motifs is 1. The van der Waals surface area contributed by atoms with Crippen LogP contribution in [0.4, 0.5) is 4.79 Å². The number of aliphatic hydroxyl groups excluding tert-OH is 1. The number of hydrogen-bond acceptors (Lipinski definition) is 3. The van der Waals surface area contributed by atoms with Crippen LogP contribution in [-0.2, 0) is 7.05 Å². The van der Waals surface area contributed by atoms with Gasteiger partial charge in [-0.25, -0.2) is 4.79 Å². The summed E-state index contributed by atoms with van der Waals surface area (Å²) in [6.07, 6.45) is 1.22. The first kappa shape index (κ1) is 17.8. The van der Waals surface area contributed by atoms with Gasteiger partial charge in [-0.1, -0.05) is 24.3 Å². The minimum absolute atomic E-state index is 0.143. The highest BCUT2D eigenvalue weighted by Gasteiger charge is 2.10. The van der Waals surface area contributed by atoms with E-state index >= 15 is 0 Å². The Labute approximate surface area is 152 Å². The number of benzene rings is 2. The van der Waals surface area contributed by atoms with E-state index < -0.39 is 6.10 Å². The molecule has 3 rings (SSSR count). The topological polar surface area (TPSA) is 75.5 Å². The maximum atomic E-state index is 11.8. The van der Waals surface area contributed by atoms with E-state index in [1.165, 1.54) is 0 Å². The minimum atomic E-state index is -0.758. The van der Waals surface area contributed by atoms with Gasteiger partial charge in [0.1, 0.15) is 12.4 Å². The Morgan fingerprint density at radius 1 is 1.15 bits per heavy atom. The molecule has 0 spiro atoms. The fraction of sp³-hybridized carbons (Fsp3) is 0.250. The Morgan fingerprint density at radius 3 is 2.77 bits per heavy atom. The summed E-state index contributed by atoms with van der Waals surface area (Å²) in [5, 5.41) is 16.7. The molecule has 0 aliphatic heterocycles. The molecule has 26 heavy (non-hydrogen) atoms. The molecule has 1 unspecified atom stereocenters. The number of urea groups is 1. The molecule has 3 aromatic rings. The van der Waals surface area contributed by atoms with E-state index in [4.69, 9.17) is 4.74 Å². The number of rotatable bonds is 7. The molecule has 0 radical (unpaired) electrons. The summed E-state index contributed by atoms with van der Waals surface area (Å²) in [5.41, 5.74) is 1.88. The van der Waals surface area contributed by atoms with Gasteiger partial charge in [0, 0.05) is 25.3 Å². The van der Waals surface area contributed by atoms with Crippen molar-refractivity contribution >= 4 is 16.9 Å². The molecule has 3 N–H and O–H groups in total. The van der Waals surface area contributed by atoms with Gasteiger partial charge in [0.15, 0.2) is 0 Å². The summed E-state index contributed by atoms with van der Waals surface area (Å²) in [7, 11) is 1.98. The van der Waals surface area contributed by atoms with Crippen LogP contribution in [0.5, 0.6) is 5.75 Å². The van der Waals surface area contributed by atoms with Gasteiger partial charge in [0.25, 0.3) is 0 Å². The number of aromatic nitrogens is 1. The normalized spacial score (nSPS) is 11.9. The average Bonchev–Trinajstić information content (AvgIpc) is 3.04. The maximum absolute atomic E-state index is 11.8. The number of para-hydroxylation sites is 1. The van der Waals surface area contributed by atoms with Crippen molar-refractivity contribution in [3.05, 3.63) is 66.4 Å². The number of aryl methyl sites for hydroxylation is 1. The summed E-state index contributed by atoms with van der Waals surface area (Å²) < 4.78 is 7.52. The molecule has 0 aliphatic rings. The van der Waals surface area contributed by atoms with Gasteiger partial charge in [-0.05, 0) is 41.3 Å². The highest BCUT2D eigenvalue weighted by atomic mass is 16.5. The van der Waals surface area contributed by atoms with E-state index in [0.29, 0.717) is 13.2 Å². The molecular formula is C20H23N3O3. The van der Waals surface area contributed by atoms with Crippen molar-refractivity contribution in [2.45, 2.75) is 6.10 Å². The third-order valence-electron chi connectivity index (χ3n) is 4.15. The molecule has 1 atom stereocenters. The van der Waals surface area contributed by atoms with Crippen LogP contribution in [0.2, 0.25) is 0 Å². The Kier molecular flexibility index (Phi) is 5.76. The fourth-order valence-electron chi connectivity index (χ4n) is 2.73. The second kappa shape index (κ2) is 8.40. The predicted octanol–water partition coefficient (Wildman–Crippen LogP) is 2.59. The lowest BCUT2D eigenvalue weighted by atomic mass is 10.1.